The SMILES string of the molecule is COc1cc2cc3ccccc3cc2c(S(=O)(=O)[O-])c1OC.[Na+]. The van der Waals surface area contributed by atoms with Gasteiger partial charge < -0.3 is 14.0 Å². The van der Waals surface area contributed by atoms with Crippen LogP contribution in [0.3, 0.4) is 0 Å². The molecule has 23 heavy (non-hydrogen) atoms. The molecule has 0 saturated carbocycles. The Bertz CT molecular complexity index is 983. The van der Waals surface area contributed by atoms with Crippen LogP contribution in [-0.4, -0.2) is 27.2 Å². The van der Waals surface area contributed by atoms with Crippen molar-refractivity contribution in [1.29, 1.82) is 0 Å². The van der Waals surface area contributed by atoms with Crippen LogP contribution >= 0.6 is 0 Å². The zero-order valence-electron chi connectivity index (χ0n) is 13.0. The molecular formula is C16H13NaO5S. The number of fused-ring (bicyclic) bond motifs is 2. The number of benzene rings is 3. The summed E-state index contributed by atoms with van der Waals surface area (Å²) in [5, 5.41) is 2.71. The average Bonchev–Trinajstić information content (AvgIpc) is 2.49. The van der Waals surface area contributed by atoms with E-state index in [9.17, 15) is 13.0 Å². The zero-order valence-corrected chi connectivity index (χ0v) is 15.8. The van der Waals surface area contributed by atoms with Gasteiger partial charge in [-0.25, -0.2) is 8.42 Å². The number of rotatable bonds is 3. The minimum absolute atomic E-state index is 0. The van der Waals surface area contributed by atoms with E-state index in [1.54, 1.807) is 12.1 Å². The normalized spacial score (nSPS) is 11.3. The molecule has 0 radical (unpaired) electrons. The minimum Gasteiger partial charge on any atom is -0.744 e. The standard InChI is InChI=1S/C16H14O5S.Na/c1-20-14-9-12-7-10-5-3-4-6-11(10)8-13(12)16(15(14)21-2)22(17,18)19;/h3-9H,1-2H3,(H,17,18,19);/q;+1/p-1. The van der Waals surface area contributed by atoms with Crippen molar-refractivity contribution >= 4 is 31.7 Å². The minimum atomic E-state index is -4.73. The van der Waals surface area contributed by atoms with E-state index < -0.39 is 15.0 Å². The van der Waals surface area contributed by atoms with Crippen LogP contribution in [-0.2, 0) is 10.1 Å². The van der Waals surface area contributed by atoms with E-state index in [0.29, 0.717) is 10.8 Å². The predicted octanol–water partition coefficient (Wildman–Crippen LogP) is -0.0817. The van der Waals surface area contributed by atoms with Crippen LogP contribution in [0, 0.1) is 0 Å². The van der Waals surface area contributed by atoms with E-state index in [1.807, 2.05) is 30.3 Å². The summed E-state index contributed by atoms with van der Waals surface area (Å²) in [6.07, 6.45) is 0. The monoisotopic (exact) mass is 340 g/mol. The van der Waals surface area contributed by atoms with Crippen molar-refractivity contribution in [2.45, 2.75) is 4.90 Å². The molecule has 0 N–H and O–H groups in total. The Morgan fingerprint density at radius 1 is 0.913 bits per heavy atom. The zero-order chi connectivity index (χ0) is 15.9. The molecule has 0 spiro atoms. The molecule has 0 atom stereocenters. The van der Waals surface area contributed by atoms with Crippen molar-refractivity contribution < 1.29 is 52.0 Å². The van der Waals surface area contributed by atoms with Gasteiger partial charge in [-0.15, -0.1) is 0 Å². The Labute approximate surface area is 156 Å². The van der Waals surface area contributed by atoms with Gasteiger partial charge in [0.05, 0.1) is 14.2 Å². The first kappa shape index (κ1) is 18.0. The summed E-state index contributed by atoms with van der Waals surface area (Å²) in [6, 6.07) is 12.7. The van der Waals surface area contributed by atoms with Crippen molar-refractivity contribution in [3.63, 3.8) is 0 Å². The molecule has 0 aromatic heterocycles. The van der Waals surface area contributed by atoms with Gasteiger partial charge in [0.2, 0.25) is 0 Å². The second-order valence-electron chi connectivity index (χ2n) is 4.82. The molecule has 0 unspecified atom stereocenters. The van der Waals surface area contributed by atoms with Crippen LogP contribution in [0.5, 0.6) is 11.5 Å². The predicted molar refractivity (Wildman–Crippen MR) is 82.5 cm³/mol. The molecule has 114 valence electrons. The maximum atomic E-state index is 11.7. The third-order valence-corrected chi connectivity index (χ3v) is 4.46. The average molecular weight is 340 g/mol. The number of hydrogen-bond acceptors (Lipinski definition) is 5. The first-order valence-electron chi connectivity index (χ1n) is 6.49. The van der Waals surface area contributed by atoms with Gasteiger partial charge in [-0.2, -0.15) is 0 Å². The van der Waals surface area contributed by atoms with Gasteiger partial charge in [-0.05, 0) is 34.4 Å². The Hall–Kier alpha value is -1.31. The number of ether oxygens (including phenoxy) is 2. The summed E-state index contributed by atoms with van der Waals surface area (Å²) in [4.78, 5) is -0.393. The maximum Gasteiger partial charge on any atom is 1.00 e. The molecule has 7 heteroatoms. The molecule has 0 aliphatic heterocycles. The van der Waals surface area contributed by atoms with Gasteiger partial charge in [-0.1, -0.05) is 24.3 Å². The summed E-state index contributed by atoms with van der Waals surface area (Å²) in [7, 11) is -2.03. The van der Waals surface area contributed by atoms with Crippen molar-refractivity contribution in [3.8, 4) is 11.5 Å². The van der Waals surface area contributed by atoms with Crippen molar-refractivity contribution in [2.75, 3.05) is 14.2 Å². The molecule has 0 fully saturated rings. The van der Waals surface area contributed by atoms with Crippen molar-refractivity contribution in [3.05, 3.63) is 42.5 Å². The molecule has 0 bridgehead atoms. The molecule has 0 aliphatic carbocycles. The summed E-state index contributed by atoms with van der Waals surface area (Å²) < 4.78 is 45.5. The summed E-state index contributed by atoms with van der Waals surface area (Å²) >= 11 is 0. The summed E-state index contributed by atoms with van der Waals surface area (Å²) in [5.74, 6) is 0.139. The molecule has 3 rings (SSSR count). The van der Waals surface area contributed by atoms with E-state index in [1.165, 1.54) is 14.2 Å². The van der Waals surface area contributed by atoms with E-state index >= 15 is 0 Å². The van der Waals surface area contributed by atoms with E-state index in [0.717, 1.165) is 10.8 Å². The second kappa shape index (κ2) is 6.67. The molecule has 0 saturated heterocycles. The Morgan fingerprint density at radius 3 is 2.04 bits per heavy atom. The van der Waals surface area contributed by atoms with Gasteiger partial charge in [0.1, 0.15) is 15.0 Å². The van der Waals surface area contributed by atoms with Gasteiger partial charge in [0.15, 0.2) is 11.5 Å². The van der Waals surface area contributed by atoms with Gasteiger partial charge in [0, 0.05) is 5.39 Å². The van der Waals surface area contributed by atoms with Gasteiger partial charge in [0.25, 0.3) is 0 Å². The van der Waals surface area contributed by atoms with Crippen LogP contribution in [0.4, 0.5) is 0 Å². The molecular weight excluding hydrogens is 327 g/mol. The fourth-order valence-corrected chi connectivity index (χ4v) is 3.47. The fourth-order valence-electron chi connectivity index (χ4n) is 2.61. The second-order valence-corrected chi connectivity index (χ2v) is 6.13. The Morgan fingerprint density at radius 2 is 1.52 bits per heavy atom. The Balaban J connectivity index is 0.00000192. The smallest absolute Gasteiger partial charge is 0.744 e. The quantitative estimate of drug-likeness (QED) is 0.379. The van der Waals surface area contributed by atoms with Crippen LogP contribution in [0.2, 0.25) is 0 Å². The van der Waals surface area contributed by atoms with E-state index in [-0.39, 0.29) is 41.1 Å². The van der Waals surface area contributed by atoms with Crippen LogP contribution in [0.15, 0.2) is 47.4 Å². The first-order chi connectivity index (χ1) is 10.5. The number of hydrogen-bond donors (Lipinski definition) is 0. The topological polar surface area (TPSA) is 75.7 Å². The van der Waals surface area contributed by atoms with Gasteiger partial charge >= 0.3 is 29.6 Å². The van der Waals surface area contributed by atoms with Crippen molar-refractivity contribution in [2.24, 2.45) is 0 Å². The molecule has 5 nitrogen and oxygen atoms in total. The molecule has 0 aliphatic rings. The molecule has 0 amide bonds. The largest absolute Gasteiger partial charge is 1.00 e. The molecule has 3 aromatic rings. The molecule has 3 aromatic carbocycles. The third-order valence-electron chi connectivity index (χ3n) is 3.55. The first-order valence-corrected chi connectivity index (χ1v) is 7.90. The Kier molecular flexibility index (Phi) is 5.23. The fraction of sp³-hybridized carbons (Fsp3) is 0.125. The maximum absolute atomic E-state index is 11.7. The van der Waals surface area contributed by atoms with E-state index in [4.69, 9.17) is 9.47 Å². The van der Waals surface area contributed by atoms with E-state index in [2.05, 4.69) is 0 Å². The number of methoxy groups -OCH3 is 2. The van der Waals surface area contributed by atoms with Crippen LogP contribution in [0.1, 0.15) is 0 Å². The van der Waals surface area contributed by atoms with Crippen molar-refractivity contribution in [1.82, 2.24) is 0 Å². The van der Waals surface area contributed by atoms with Crippen LogP contribution in [0.25, 0.3) is 21.5 Å². The molecule has 0 heterocycles. The van der Waals surface area contributed by atoms with Crippen LogP contribution < -0.4 is 39.0 Å². The summed E-state index contributed by atoms with van der Waals surface area (Å²) in [5.41, 5.74) is 0. The van der Waals surface area contributed by atoms with Gasteiger partial charge in [-0.3, -0.25) is 0 Å². The third kappa shape index (κ3) is 3.18. The summed E-state index contributed by atoms with van der Waals surface area (Å²) in [6.45, 7) is 0.